The van der Waals surface area contributed by atoms with E-state index in [1.165, 1.54) is 12.1 Å². The van der Waals surface area contributed by atoms with Crippen LogP contribution in [0.3, 0.4) is 0 Å². The van der Waals surface area contributed by atoms with E-state index in [-0.39, 0.29) is 5.82 Å². The van der Waals surface area contributed by atoms with Gasteiger partial charge in [-0.2, -0.15) is 0 Å². The molecule has 0 saturated carbocycles. The van der Waals surface area contributed by atoms with Gasteiger partial charge in [0.25, 0.3) is 0 Å². The van der Waals surface area contributed by atoms with E-state index in [1.807, 2.05) is 6.92 Å². The van der Waals surface area contributed by atoms with Crippen molar-refractivity contribution in [1.82, 2.24) is 0 Å². The molecule has 1 aromatic rings. The number of fused-ring (bicyclic) bond motifs is 3. The summed E-state index contributed by atoms with van der Waals surface area (Å²) in [4.78, 5) is 0. The predicted octanol–water partition coefficient (Wildman–Crippen LogP) is 3.76. The van der Waals surface area contributed by atoms with Crippen LogP contribution in [-0.4, -0.2) is 36.6 Å². The third-order valence-electron chi connectivity index (χ3n) is 4.58. The van der Waals surface area contributed by atoms with Crippen LogP contribution in [0, 0.1) is 5.82 Å². The molecule has 1 aromatic carbocycles. The molecule has 0 spiro atoms. The SMILES string of the molecule is CCC[P@@]1(=O)O[C@@H]2[C@H]3OC(C)(C)O[C@H]3O[C@@H]2[C@H](c2ccc(F)cc2)O1. The molecule has 138 valence electrons. The summed E-state index contributed by atoms with van der Waals surface area (Å²) in [6.07, 6.45) is -1.85. The summed E-state index contributed by atoms with van der Waals surface area (Å²) in [6, 6.07) is 5.92. The number of ether oxygens (including phenoxy) is 3. The first kappa shape index (κ1) is 17.6. The Morgan fingerprint density at radius 3 is 2.48 bits per heavy atom. The summed E-state index contributed by atoms with van der Waals surface area (Å²) in [6.45, 7) is 5.51. The van der Waals surface area contributed by atoms with Crippen LogP contribution in [0.1, 0.15) is 38.9 Å². The molecule has 4 rings (SSSR count). The quantitative estimate of drug-likeness (QED) is 0.753. The van der Waals surface area contributed by atoms with Gasteiger partial charge in [-0.1, -0.05) is 19.1 Å². The number of halogens is 1. The lowest BCUT2D eigenvalue weighted by Crippen LogP contribution is -2.43. The number of hydrogen-bond donors (Lipinski definition) is 0. The maximum Gasteiger partial charge on any atom is 0.331 e. The van der Waals surface area contributed by atoms with E-state index in [9.17, 15) is 8.96 Å². The molecule has 3 aliphatic rings. The van der Waals surface area contributed by atoms with Crippen LogP contribution in [0.4, 0.5) is 4.39 Å². The molecular formula is C17H22FO6P. The molecule has 3 fully saturated rings. The van der Waals surface area contributed by atoms with Gasteiger partial charge in [-0.15, -0.1) is 0 Å². The van der Waals surface area contributed by atoms with Crippen molar-refractivity contribution >= 4 is 7.60 Å². The highest BCUT2D eigenvalue weighted by molar-refractivity contribution is 7.53. The van der Waals surface area contributed by atoms with Crippen LogP contribution < -0.4 is 0 Å². The second-order valence-electron chi connectivity index (χ2n) is 7.05. The Bertz CT molecular complexity index is 693. The van der Waals surface area contributed by atoms with Gasteiger partial charge >= 0.3 is 7.60 Å². The minimum absolute atomic E-state index is 0.301. The highest BCUT2D eigenvalue weighted by atomic mass is 31.2. The first-order chi connectivity index (χ1) is 11.8. The van der Waals surface area contributed by atoms with E-state index in [4.69, 9.17) is 23.3 Å². The van der Waals surface area contributed by atoms with Crippen molar-refractivity contribution < 1.29 is 32.2 Å². The van der Waals surface area contributed by atoms with Gasteiger partial charge in [0, 0.05) is 6.16 Å². The molecule has 0 unspecified atom stereocenters. The van der Waals surface area contributed by atoms with Gasteiger partial charge in [0.2, 0.25) is 0 Å². The molecule has 0 aromatic heterocycles. The summed E-state index contributed by atoms with van der Waals surface area (Å²) in [7, 11) is -3.32. The molecule has 3 heterocycles. The molecule has 8 heteroatoms. The summed E-state index contributed by atoms with van der Waals surface area (Å²) >= 11 is 0. The van der Waals surface area contributed by atoms with Crippen molar-refractivity contribution in [3.05, 3.63) is 35.6 Å². The topological polar surface area (TPSA) is 63.2 Å². The Hall–Kier alpha value is -0.820. The van der Waals surface area contributed by atoms with Crippen LogP contribution in [-0.2, 0) is 27.8 Å². The zero-order valence-corrected chi connectivity index (χ0v) is 15.3. The van der Waals surface area contributed by atoms with Crippen LogP contribution in [0.2, 0.25) is 0 Å². The highest BCUT2D eigenvalue weighted by Crippen LogP contribution is 2.62. The summed E-state index contributed by atoms with van der Waals surface area (Å²) in [5.41, 5.74) is 0.690. The van der Waals surface area contributed by atoms with Gasteiger partial charge in [-0.3, -0.25) is 13.6 Å². The zero-order valence-electron chi connectivity index (χ0n) is 14.4. The molecule has 3 aliphatic heterocycles. The second kappa shape index (κ2) is 6.12. The minimum Gasteiger partial charge on any atom is -0.341 e. The molecule has 0 bridgehead atoms. The lowest BCUT2D eigenvalue weighted by atomic mass is 9.99. The van der Waals surface area contributed by atoms with Gasteiger partial charge < -0.3 is 14.2 Å². The molecule has 6 nitrogen and oxygen atoms in total. The molecule has 25 heavy (non-hydrogen) atoms. The Labute approximate surface area is 146 Å². The number of benzene rings is 1. The summed E-state index contributed by atoms with van der Waals surface area (Å²) in [5.74, 6) is -1.14. The lowest BCUT2D eigenvalue weighted by Gasteiger charge is -2.39. The van der Waals surface area contributed by atoms with Crippen LogP contribution >= 0.6 is 7.60 Å². The van der Waals surface area contributed by atoms with Crippen molar-refractivity contribution in [2.24, 2.45) is 0 Å². The fourth-order valence-corrected chi connectivity index (χ4v) is 5.60. The Balaban J connectivity index is 1.67. The third kappa shape index (κ3) is 3.18. The van der Waals surface area contributed by atoms with Crippen molar-refractivity contribution in [1.29, 1.82) is 0 Å². The third-order valence-corrected chi connectivity index (χ3v) is 6.69. The summed E-state index contributed by atoms with van der Waals surface area (Å²) in [5, 5.41) is 0. The Morgan fingerprint density at radius 1 is 1.08 bits per heavy atom. The molecule has 0 amide bonds. The van der Waals surface area contributed by atoms with Gasteiger partial charge in [0.15, 0.2) is 12.1 Å². The lowest BCUT2D eigenvalue weighted by molar-refractivity contribution is -0.229. The van der Waals surface area contributed by atoms with Crippen molar-refractivity contribution in [2.75, 3.05) is 6.16 Å². The Morgan fingerprint density at radius 2 is 1.80 bits per heavy atom. The van der Waals surface area contributed by atoms with Gasteiger partial charge in [-0.25, -0.2) is 4.39 Å². The van der Waals surface area contributed by atoms with Crippen molar-refractivity contribution in [3.8, 4) is 0 Å². The molecular weight excluding hydrogens is 350 g/mol. The maximum absolute atomic E-state index is 13.3. The van der Waals surface area contributed by atoms with Gasteiger partial charge in [-0.05, 0) is 38.0 Å². The first-order valence-corrected chi connectivity index (χ1v) is 10.3. The average Bonchev–Trinajstić information content (AvgIpc) is 3.00. The van der Waals surface area contributed by atoms with E-state index in [0.29, 0.717) is 18.1 Å². The first-order valence-electron chi connectivity index (χ1n) is 8.53. The van der Waals surface area contributed by atoms with E-state index >= 15 is 0 Å². The molecule has 0 N–H and O–H groups in total. The van der Waals surface area contributed by atoms with Crippen LogP contribution in [0.5, 0.6) is 0 Å². The largest absolute Gasteiger partial charge is 0.341 e. The molecule has 6 atom stereocenters. The van der Waals surface area contributed by atoms with Crippen molar-refractivity contribution in [2.45, 2.75) is 63.7 Å². The predicted molar refractivity (Wildman–Crippen MR) is 86.6 cm³/mol. The van der Waals surface area contributed by atoms with Gasteiger partial charge in [0.05, 0.1) is 0 Å². The van der Waals surface area contributed by atoms with E-state index < -0.39 is 44.1 Å². The van der Waals surface area contributed by atoms with Crippen molar-refractivity contribution in [3.63, 3.8) is 0 Å². The summed E-state index contributed by atoms with van der Waals surface area (Å²) < 4.78 is 55.7. The standard InChI is InChI=1S/C17H22FO6P/c1-4-9-25(19)23-12(10-5-7-11(18)8-6-10)13-14(24-25)15-16(20-13)22-17(2,3)21-15/h5-8,12-16H,4,9H2,1-3H3/t12-,13+,14-,15+,16+,25-/m0/s1. The second-order valence-corrected chi connectivity index (χ2v) is 9.14. The smallest absolute Gasteiger partial charge is 0.331 e. The average molecular weight is 372 g/mol. The Kier molecular flexibility index (Phi) is 4.30. The fraction of sp³-hybridized carbons (Fsp3) is 0.647. The minimum atomic E-state index is -3.32. The molecule has 3 saturated heterocycles. The normalized spacial score (nSPS) is 42.2. The van der Waals surface area contributed by atoms with E-state index in [1.54, 1.807) is 26.0 Å². The van der Waals surface area contributed by atoms with E-state index in [0.717, 1.165) is 0 Å². The van der Waals surface area contributed by atoms with E-state index in [2.05, 4.69) is 0 Å². The number of hydrogen-bond acceptors (Lipinski definition) is 6. The monoisotopic (exact) mass is 372 g/mol. The molecule has 0 radical (unpaired) electrons. The number of rotatable bonds is 3. The van der Waals surface area contributed by atoms with Crippen LogP contribution in [0.25, 0.3) is 0 Å². The fourth-order valence-electron chi connectivity index (χ4n) is 3.59. The molecule has 0 aliphatic carbocycles. The zero-order chi connectivity index (χ0) is 17.8. The van der Waals surface area contributed by atoms with Crippen LogP contribution in [0.15, 0.2) is 24.3 Å². The highest BCUT2D eigenvalue weighted by Gasteiger charge is 2.62. The maximum atomic E-state index is 13.3. The van der Waals surface area contributed by atoms with Gasteiger partial charge in [0.1, 0.15) is 30.2 Å².